The number of aromatic nitrogens is 2. The Hall–Kier alpha value is -2.58. The molecule has 0 aliphatic carbocycles. The summed E-state index contributed by atoms with van der Waals surface area (Å²) in [5.74, 6) is -1.66. The highest BCUT2D eigenvalue weighted by Crippen LogP contribution is 2.30. The number of amides is 1. The summed E-state index contributed by atoms with van der Waals surface area (Å²) in [6.07, 6.45) is -4.55. The average Bonchev–Trinajstić information content (AvgIpc) is 3.09. The Morgan fingerprint density at radius 2 is 1.86 bits per heavy atom. The quantitative estimate of drug-likeness (QED) is 0.596. The van der Waals surface area contributed by atoms with Crippen LogP contribution in [-0.2, 0) is 11.0 Å². The number of hydrogen-bond acceptors (Lipinski definition) is 3. The molecular weight excluding hydrogens is 393 g/mol. The number of carbonyl (C=O) groups excluding carboxylic acids is 1. The lowest BCUT2D eigenvalue weighted by Gasteiger charge is -2.22. The van der Waals surface area contributed by atoms with Crippen molar-refractivity contribution in [2.24, 2.45) is 11.7 Å². The Morgan fingerprint density at radius 3 is 2.46 bits per heavy atom. The lowest BCUT2D eigenvalue weighted by Crippen LogP contribution is -2.36. The van der Waals surface area contributed by atoms with Crippen molar-refractivity contribution in [3.8, 4) is 0 Å². The highest BCUT2D eigenvalue weighted by molar-refractivity contribution is 5.85. The third kappa shape index (κ3) is 4.63. The maximum Gasteiger partial charge on any atom is 0.449 e. The molecule has 1 aromatic heterocycles. The molecule has 28 heavy (non-hydrogen) atoms. The van der Waals surface area contributed by atoms with E-state index in [1.807, 2.05) is 30.3 Å². The molecule has 2 unspecified atom stereocenters. The number of rotatable bonds is 5. The molecule has 0 aliphatic rings. The maximum absolute atomic E-state index is 12.9. The summed E-state index contributed by atoms with van der Waals surface area (Å²) in [7, 11) is 0. The van der Waals surface area contributed by atoms with Crippen LogP contribution in [0.2, 0.25) is 0 Å². The van der Waals surface area contributed by atoms with Gasteiger partial charge in [0.1, 0.15) is 0 Å². The van der Waals surface area contributed by atoms with E-state index in [1.54, 1.807) is 19.1 Å². The fourth-order valence-corrected chi connectivity index (χ4v) is 2.74. The highest BCUT2D eigenvalue weighted by Gasteiger charge is 2.34. The summed E-state index contributed by atoms with van der Waals surface area (Å²) in [6.45, 7) is 1.91. The second-order valence-electron chi connectivity index (χ2n) is 6.35. The van der Waals surface area contributed by atoms with E-state index in [0.29, 0.717) is 5.56 Å². The first-order chi connectivity index (χ1) is 12.8. The van der Waals surface area contributed by atoms with Crippen LogP contribution >= 0.6 is 12.4 Å². The van der Waals surface area contributed by atoms with Crippen LogP contribution in [0.4, 0.5) is 13.2 Å². The van der Waals surface area contributed by atoms with Gasteiger partial charge in [0.2, 0.25) is 11.7 Å². The van der Waals surface area contributed by atoms with Gasteiger partial charge in [0.25, 0.3) is 0 Å². The van der Waals surface area contributed by atoms with E-state index in [2.05, 4.69) is 15.3 Å². The number of H-pyrrole nitrogens is 1. The van der Waals surface area contributed by atoms with E-state index in [4.69, 9.17) is 5.73 Å². The van der Waals surface area contributed by atoms with E-state index in [-0.39, 0.29) is 41.8 Å². The molecule has 0 bridgehead atoms. The molecule has 150 valence electrons. The SMILES string of the molecule is CC(CN)C(=O)NC(c1ccccc1)c1ccc2nc(C(F)(F)F)[nH]c2c1.Cl. The van der Waals surface area contributed by atoms with E-state index < -0.39 is 18.0 Å². The molecule has 0 saturated carbocycles. The fraction of sp³-hybridized carbons (Fsp3) is 0.263. The number of alkyl halides is 3. The van der Waals surface area contributed by atoms with Gasteiger partial charge in [-0.3, -0.25) is 4.79 Å². The van der Waals surface area contributed by atoms with E-state index in [9.17, 15) is 18.0 Å². The van der Waals surface area contributed by atoms with Gasteiger partial charge in [-0.1, -0.05) is 43.3 Å². The minimum atomic E-state index is -4.55. The smallest absolute Gasteiger partial charge is 0.345 e. The number of nitrogens with one attached hydrogen (secondary N) is 2. The summed E-state index contributed by atoms with van der Waals surface area (Å²) in [6, 6.07) is 13.4. The summed E-state index contributed by atoms with van der Waals surface area (Å²) in [5, 5.41) is 2.93. The van der Waals surface area contributed by atoms with E-state index >= 15 is 0 Å². The number of carbonyl (C=O) groups is 1. The standard InChI is InChI=1S/C19H19F3N4O.ClH/c1-11(10-23)17(27)26-16(12-5-3-2-4-6-12)13-7-8-14-15(9-13)25-18(24-14)19(20,21)22;/h2-9,11,16H,10,23H2,1H3,(H,24,25)(H,26,27);1H. The van der Waals surface area contributed by atoms with Crippen molar-refractivity contribution in [1.29, 1.82) is 0 Å². The van der Waals surface area contributed by atoms with Crippen LogP contribution in [-0.4, -0.2) is 22.4 Å². The largest absolute Gasteiger partial charge is 0.449 e. The van der Waals surface area contributed by atoms with Gasteiger partial charge in [0.15, 0.2) is 0 Å². The molecule has 5 nitrogen and oxygen atoms in total. The summed E-state index contributed by atoms with van der Waals surface area (Å²) >= 11 is 0. The second kappa shape index (κ2) is 8.62. The third-order valence-electron chi connectivity index (χ3n) is 4.33. The molecule has 0 radical (unpaired) electrons. The van der Waals surface area contributed by atoms with Crippen molar-refractivity contribution >= 4 is 29.3 Å². The maximum atomic E-state index is 12.9. The van der Waals surface area contributed by atoms with Gasteiger partial charge in [-0.25, -0.2) is 4.98 Å². The van der Waals surface area contributed by atoms with Gasteiger partial charge in [0, 0.05) is 12.5 Å². The Bertz CT molecular complexity index is 943. The van der Waals surface area contributed by atoms with E-state index in [1.165, 1.54) is 6.07 Å². The number of nitrogens with zero attached hydrogens (tertiary/aromatic N) is 1. The van der Waals surface area contributed by atoms with Crippen LogP contribution in [0, 0.1) is 5.92 Å². The van der Waals surface area contributed by atoms with Crippen molar-refractivity contribution in [2.45, 2.75) is 19.1 Å². The Kier molecular flexibility index (Phi) is 6.69. The molecule has 2 aromatic carbocycles. The van der Waals surface area contributed by atoms with Crippen molar-refractivity contribution in [3.63, 3.8) is 0 Å². The predicted molar refractivity (Wildman–Crippen MR) is 103 cm³/mol. The van der Waals surface area contributed by atoms with Crippen LogP contribution in [0.15, 0.2) is 48.5 Å². The zero-order valence-electron chi connectivity index (χ0n) is 15.0. The number of aromatic amines is 1. The lowest BCUT2D eigenvalue weighted by molar-refractivity contribution is -0.144. The lowest BCUT2D eigenvalue weighted by atomic mass is 9.97. The first-order valence-corrected chi connectivity index (χ1v) is 8.42. The van der Waals surface area contributed by atoms with Crippen LogP contribution in [0.25, 0.3) is 11.0 Å². The van der Waals surface area contributed by atoms with Gasteiger partial charge >= 0.3 is 6.18 Å². The van der Waals surface area contributed by atoms with Gasteiger partial charge in [-0.2, -0.15) is 13.2 Å². The number of halogens is 4. The molecule has 9 heteroatoms. The van der Waals surface area contributed by atoms with Crippen LogP contribution in [0.5, 0.6) is 0 Å². The minimum absolute atomic E-state index is 0. The molecular formula is C19H20ClF3N4O. The Morgan fingerprint density at radius 1 is 1.18 bits per heavy atom. The average molecular weight is 413 g/mol. The van der Waals surface area contributed by atoms with Crippen LogP contribution < -0.4 is 11.1 Å². The molecule has 0 aliphatic heterocycles. The normalized spacial score (nSPS) is 13.6. The van der Waals surface area contributed by atoms with Gasteiger partial charge in [-0.05, 0) is 23.3 Å². The Balaban J connectivity index is 0.00000280. The fourth-order valence-electron chi connectivity index (χ4n) is 2.74. The number of benzene rings is 2. The second-order valence-corrected chi connectivity index (χ2v) is 6.35. The molecule has 3 aromatic rings. The molecule has 0 saturated heterocycles. The first kappa shape index (κ1) is 21.7. The molecule has 0 fully saturated rings. The van der Waals surface area contributed by atoms with Crippen molar-refractivity contribution in [2.75, 3.05) is 6.54 Å². The molecule has 1 amide bonds. The number of nitrogens with two attached hydrogens (primary N) is 1. The summed E-state index contributed by atoms with van der Waals surface area (Å²) in [5.41, 5.74) is 7.48. The number of hydrogen-bond donors (Lipinski definition) is 3. The molecule has 2 atom stereocenters. The van der Waals surface area contributed by atoms with Gasteiger partial charge < -0.3 is 16.0 Å². The zero-order valence-corrected chi connectivity index (χ0v) is 15.8. The molecule has 0 spiro atoms. The molecule has 4 N–H and O–H groups in total. The monoisotopic (exact) mass is 412 g/mol. The van der Waals surface area contributed by atoms with Crippen molar-refractivity contribution in [3.05, 3.63) is 65.5 Å². The topological polar surface area (TPSA) is 83.8 Å². The third-order valence-corrected chi connectivity index (χ3v) is 4.33. The Labute approximate surface area is 165 Å². The number of imidazole rings is 1. The van der Waals surface area contributed by atoms with Gasteiger partial charge in [0.05, 0.1) is 17.1 Å². The highest BCUT2D eigenvalue weighted by atomic mass is 35.5. The van der Waals surface area contributed by atoms with Crippen molar-refractivity contribution < 1.29 is 18.0 Å². The minimum Gasteiger partial charge on any atom is -0.345 e. The molecule has 3 rings (SSSR count). The zero-order chi connectivity index (χ0) is 19.6. The summed E-state index contributed by atoms with van der Waals surface area (Å²) < 4.78 is 38.7. The van der Waals surface area contributed by atoms with E-state index in [0.717, 1.165) is 5.56 Å². The van der Waals surface area contributed by atoms with Crippen LogP contribution in [0.1, 0.15) is 29.9 Å². The van der Waals surface area contributed by atoms with Crippen LogP contribution in [0.3, 0.4) is 0 Å². The van der Waals surface area contributed by atoms with Crippen molar-refractivity contribution in [1.82, 2.24) is 15.3 Å². The number of fused-ring (bicyclic) bond motifs is 1. The van der Waals surface area contributed by atoms with Gasteiger partial charge in [-0.15, -0.1) is 12.4 Å². The first-order valence-electron chi connectivity index (χ1n) is 8.42. The molecule has 1 heterocycles. The summed E-state index contributed by atoms with van der Waals surface area (Å²) in [4.78, 5) is 18.2. The predicted octanol–water partition coefficient (Wildman–Crippen LogP) is 3.80.